The lowest BCUT2D eigenvalue weighted by atomic mass is 10.0. The first-order valence-electron chi connectivity index (χ1n) is 11.6. The highest BCUT2D eigenvalue weighted by Crippen LogP contribution is 2.29. The van der Waals surface area contributed by atoms with Crippen molar-refractivity contribution < 1.29 is 23.9 Å². The van der Waals surface area contributed by atoms with E-state index in [1.54, 1.807) is 40.0 Å². The van der Waals surface area contributed by atoms with Gasteiger partial charge >= 0.3 is 11.8 Å². The normalized spacial score (nSPS) is 17.2. The Morgan fingerprint density at radius 3 is 2.21 bits per heavy atom. The van der Waals surface area contributed by atoms with Crippen LogP contribution in [0.2, 0.25) is 0 Å². The number of nitrogens with zero attached hydrogens (tertiary/aromatic N) is 3. The van der Waals surface area contributed by atoms with E-state index < -0.39 is 11.8 Å². The average Bonchev–Trinajstić information content (AvgIpc) is 2.87. The van der Waals surface area contributed by atoms with Crippen molar-refractivity contribution in [3.8, 4) is 11.5 Å². The number of methoxy groups -OCH3 is 2. The number of benzene rings is 2. The van der Waals surface area contributed by atoms with Crippen LogP contribution >= 0.6 is 0 Å². The highest BCUT2D eigenvalue weighted by atomic mass is 16.5. The molecule has 2 fully saturated rings. The molecule has 0 spiro atoms. The van der Waals surface area contributed by atoms with Crippen molar-refractivity contribution in [1.82, 2.24) is 14.7 Å². The maximum atomic E-state index is 13.0. The van der Waals surface area contributed by atoms with Gasteiger partial charge in [-0.3, -0.25) is 14.4 Å². The summed E-state index contributed by atoms with van der Waals surface area (Å²) in [6, 6.07) is 13.1. The van der Waals surface area contributed by atoms with Crippen LogP contribution in [0.5, 0.6) is 11.5 Å². The topological polar surface area (TPSA) is 79.4 Å². The van der Waals surface area contributed by atoms with E-state index in [1.165, 1.54) is 7.11 Å². The quantitative estimate of drug-likeness (QED) is 0.613. The Balaban J connectivity index is 1.33. The standard InChI is InChI=1S/C26H31N3O5/c1-18-4-6-19(7-5-18)17-28-14-15-29(26(32)25(28)31)21-10-12-27(13-11-21)24(30)20-8-9-22(33-2)23(16-20)34-3/h4-9,16,21H,10-15,17H2,1-3H3. The van der Waals surface area contributed by atoms with Crippen LogP contribution in [0.3, 0.4) is 0 Å². The summed E-state index contributed by atoms with van der Waals surface area (Å²) in [5.74, 6) is 0.113. The lowest BCUT2D eigenvalue weighted by molar-refractivity contribution is -0.158. The molecule has 180 valence electrons. The minimum atomic E-state index is -0.448. The van der Waals surface area contributed by atoms with Gasteiger partial charge in [-0.1, -0.05) is 29.8 Å². The molecule has 0 unspecified atom stereocenters. The highest BCUT2D eigenvalue weighted by molar-refractivity contribution is 6.35. The summed E-state index contributed by atoms with van der Waals surface area (Å²) in [5, 5.41) is 0. The van der Waals surface area contributed by atoms with Gasteiger partial charge in [-0.25, -0.2) is 0 Å². The van der Waals surface area contributed by atoms with Crippen LogP contribution in [0.4, 0.5) is 0 Å². The van der Waals surface area contributed by atoms with E-state index in [9.17, 15) is 14.4 Å². The average molecular weight is 466 g/mol. The SMILES string of the molecule is COc1ccc(C(=O)N2CCC(N3CCN(Cc4ccc(C)cc4)C(=O)C3=O)CC2)cc1OC. The third-order valence-corrected chi connectivity index (χ3v) is 6.66. The number of likely N-dealkylation sites (tertiary alicyclic amines) is 1. The van der Waals surface area contributed by atoms with E-state index in [0.717, 1.165) is 11.1 Å². The van der Waals surface area contributed by atoms with Crippen molar-refractivity contribution in [2.24, 2.45) is 0 Å². The Bertz CT molecular complexity index is 1060. The maximum Gasteiger partial charge on any atom is 0.312 e. The first-order chi connectivity index (χ1) is 16.4. The van der Waals surface area contributed by atoms with E-state index in [0.29, 0.717) is 62.6 Å². The summed E-state index contributed by atoms with van der Waals surface area (Å²) in [7, 11) is 3.09. The smallest absolute Gasteiger partial charge is 0.312 e. The largest absolute Gasteiger partial charge is 0.493 e. The van der Waals surface area contributed by atoms with Gasteiger partial charge in [-0.05, 0) is 43.5 Å². The molecule has 0 N–H and O–H groups in total. The zero-order valence-corrected chi connectivity index (χ0v) is 20.0. The minimum absolute atomic E-state index is 0.0348. The van der Waals surface area contributed by atoms with Crippen molar-refractivity contribution in [2.75, 3.05) is 40.4 Å². The third-order valence-electron chi connectivity index (χ3n) is 6.66. The molecule has 0 bridgehead atoms. The van der Waals surface area contributed by atoms with Gasteiger partial charge in [0.25, 0.3) is 5.91 Å². The molecule has 0 saturated carbocycles. The predicted octanol–water partition coefficient (Wildman–Crippen LogP) is 2.49. The monoisotopic (exact) mass is 465 g/mol. The number of amides is 3. The Kier molecular flexibility index (Phi) is 7.05. The van der Waals surface area contributed by atoms with Crippen LogP contribution in [-0.4, -0.2) is 78.9 Å². The number of hydrogen-bond acceptors (Lipinski definition) is 5. The van der Waals surface area contributed by atoms with Crippen LogP contribution in [0.15, 0.2) is 42.5 Å². The maximum absolute atomic E-state index is 13.0. The summed E-state index contributed by atoms with van der Waals surface area (Å²) in [5.41, 5.74) is 2.71. The van der Waals surface area contributed by atoms with Gasteiger partial charge in [0.2, 0.25) is 0 Å². The second kappa shape index (κ2) is 10.2. The Hall–Kier alpha value is -3.55. The van der Waals surface area contributed by atoms with E-state index >= 15 is 0 Å². The second-order valence-electron chi connectivity index (χ2n) is 8.80. The van der Waals surface area contributed by atoms with Crippen LogP contribution in [0.1, 0.15) is 34.3 Å². The highest BCUT2D eigenvalue weighted by Gasteiger charge is 2.38. The molecule has 4 rings (SSSR count). The summed E-state index contributed by atoms with van der Waals surface area (Å²) >= 11 is 0. The molecule has 0 aliphatic carbocycles. The van der Waals surface area contributed by atoms with Crippen LogP contribution < -0.4 is 9.47 Å². The lowest BCUT2D eigenvalue weighted by Crippen LogP contribution is -2.59. The Morgan fingerprint density at radius 2 is 1.56 bits per heavy atom. The number of ether oxygens (including phenoxy) is 2. The molecule has 2 aliphatic rings. The van der Waals surface area contributed by atoms with Crippen LogP contribution in [-0.2, 0) is 16.1 Å². The zero-order chi connectivity index (χ0) is 24.2. The van der Waals surface area contributed by atoms with Crippen LogP contribution in [0.25, 0.3) is 0 Å². The van der Waals surface area contributed by atoms with Gasteiger partial charge in [-0.2, -0.15) is 0 Å². The molecule has 2 heterocycles. The van der Waals surface area contributed by atoms with Gasteiger partial charge in [0.15, 0.2) is 11.5 Å². The summed E-state index contributed by atoms with van der Waals surface area (Å²) in [4.78, 5) is 43.8. The number of carbonyl (C=O) groups is 3. The number of aryl methyl sites for hydroxylation is 1. The number of carbonyl (C=O) groups excluding carboxylic acids is 3. The van der Waals surface area contributed by atoms with Gasteiger partial charge < -0.3 is 24.2 Å². The van der Waals surface area contributed by atoms with Crippen molar-refractivity contribution in [1.29, 1.82) is 0 Å². The second-order valence-corrected chi connectivity index (χ2v) is 8.80. The van der Waals surface area contributed by atoms with Crippen molar-refractivity contribution >= 4 is 17.7 Å². The lowest BCUT2D eigenvalue weighted by Gasteiger charge is -2.42. The molecular weight excluding hydrogens is 434 g/mol. The van der Waals surface area contributed by atoms with E-state index in [2.05, 4.69) is 0 Å². The predicted molar refractivity (Wildman–Crippen MR) is 127 cm³/mol. The van der Waals surface area contributed by atoms with E-state index in [1.807, 2.05) is 31.2 Å². The van der Waals surface area contributed by atoms with Gasteiger partial charge in [0.1, 0.15) is 0 Å². The number of hydrogen-bond donors (Lipinski definition) is 0. The zero-order valence-electron chi connectivity index (χ0n) is 20.0. The Labute approximate surface area is 200 Å². The third kappa shape index (κ3) is 4.85. The van der Waals surface area contributed by atoms with Gasteiger partial charge in [-0.15, -0.1) is 0 Å². The molecule has 0 aromatic heterocycles. The van der Waals surface area contributed by atoms with Crippen molar-refractivity contribution in [3.05, 3.63) is 59.2 Å². The van der Waals surface area contributed by atoms with Crippen molar-refractivity contribution in [2.45, 2.75) is 32.4 Å². The van der Waals surface area contributed by atoms with E-state index in [4.69, 9.17) is 9.47 Å². The van der Waals surface area contributed by atoms with Crippen molar-refractivity contribution in [3.63, 3.8) is 0 Å². The first kappa shape index (κ1) is 23.6. The molecule has 0 atom stereocenters. The van der Waals surface area contributed by atoms with E-state index in [-0.39, 0.29) is 11.9 Å². The number of rotatable bonds is 6. The molecular formula is C26H31N3O5. The molecule has 2 aromatic rings. The molecule has 8 nitrogen and oxygen atoms in total. The number of piperidine rings is 1. The number of piperazine rings is 1. The van der Waals surface area contributed by atoms with Gasteiger partial charge in [0, 0.05) is 44.3 Å². The fourth-order valence-corrected chi connectivity index (χ4v) is 4.64. The molecule has 8 heteroatoms. The fraction of sp³-hybridized carbons (Fsp3) is 0.423. The molecule has 34 heavy (non-hydrogen) atoms. The first-order valence-corrected chi connectivity index (χ1v) is 11.6. The fourth-order valence-electron chi connectivity index (χ4n) is 4.64. The molecule has 2 aromatic carbocycles. The summed E-state index contributed by atoms with van der Waals surface area (Å²) in [6.45, 7) is 4.56. The van der Waals surface area contributed by atoms with Gasteiger partial charge in [0.05, 0.1) is 14.2 Å². The molecule has 0 radical (unpaired) electrons. The molecule has 2 saturated heterocycles. The summed E-state index contributed by atoms with van der Waals surface area (Å²) < 4.78 is 10.6. The van der Waals surface area contributed by atoms with Crippen LogP contribution in [0, 0.1) is 6.92 Å². The Morgan fingerprint density at radius 1 is 0.882 bits per heavy atom. The molecule has 3 amide bonds. The molecule has 2 aliphatic heterocycles. The summed E-state index contributed by atoms with van der Waals surface area (Å²) in [6.07, 6.45) is 1.30. The minimum Gasteiger partial charge on any atom is -0.493 e.